The summed E-state index contributed by atoms with van der Waals surface area (Å²) in [6.45, 7) is 0. The van der Waals surface area contributed by atoms with Crippen LogP contribution in [0.15, 0.2) is 54.6 Å². The first-order chi connectivity index (χ1) is 10.1. The fourth-order valence-electron chi connectivity index (χ4n) is 1.78. The van der Waals surface area contributed by atoms with Gasteiger partial charge in [-0.1, -0.05) is 18.2 Å². The van der Waals surface area contributed by atoms with E-state index in [9.17, 15) is 4.79 Å². The predicted molar refractivity (Wildman–Crippen MR) is 88.8 cm³/mol. The van der Waals surface area contributed by atoms with Gasteiger partial charge in [0, 0.05) is 18.4 Å². The lowest BCUT2D eigenvalue weighted by Gasteiger charge is -2.21. The summed E-state index contributed by atoms with van der Waals surface area (Å²) in [6.07, 6.45) is 0. The summed E-state index contributed by atoms with van der Waals surface area (Å²) in [5.41, 5.74) is 2.32. The molecule has 1 N–H and O–H groups in total. The van der Waals surface area contributed by atoms with Crippen molar-refractivity contribution in [3.8, 4) is 0 Å². The molecule has 108 valence electrons. The van der Waals surface area contributed by atoms with Crippen LogP contribution in [0.3, 0.4) is 0 Å². The zero-order chi connectivity index (χ0) is 15.2. The third-order valence-corrected chi connectivity index (χ3v) is 3.38. The van der Waals surface area contributed by atoms with E-state index < -0.39 is 0 Å². The Morgan fingerprint density at radius 3 is 2.29 bits per heavy atom. The standard InChI is InChI=1S/C16H16N2O2S/c1-18(14-6-4-3-5-7-14)16(21)17-13-10-8-12(9-11-13)15(19)20-2/h3-11H,1-2H3,(H,17,21). The van der Waals surface area contributed by atoms with Crippen molar-refractivity contribution >= 4 is 34.7 Å². The summed E-state index contributed by atoms with van der Waals surface area (Å²) in [5, 5.41) is 3.71. The predicted octanol–water partition coefficient (Wildman–Crippen LogP) is 3.31. The van der Waals surface area contributed by atoms with Crippen molar-refractivity contribution in [1.29, 1.82) is 0 Å². The second-order valence-electron chi connectivity index (χ2n) is 4.39. The van der Waals surface area contributed by atoms with E-state index in [1.165, 1.54) is 7.11 Å². The molecule has 4 nitrogen and oxygen atoms in total. The van der Waals surface area contributed by atoms with Crippen LogP contribution in [-0.4, -0.2) is 25.2 Å². The van der Waals surface area contributed by atoms with Gasteiger partial charge in [-0.3, -0.25) is 0 Å². The van der Waals surface area contributed by atoms with Crippen molar-refractivity contribution in [2.24, 2.45) is 0 Å². The van der Waals surface area contributed by atoms with Gasteiger partial charge in [-0.2, -0.15) is 0 Å². The Balaban J connectivity index is 2.04. The number of thiocarbonyl (C=S) groups is 1. The van der Waals surface area contributed by atoms with Gasteiger partial charge < -0.3 is 15.0 Å². The van der Waals surface area contributed by atoms with Crippen LogP contribution in [0.4, 0.5) is 11.4 Å². The number of para-hydroxylation sites is 1. The highest BCUT2D eigenvalue weighted by atomic mass is 32.1. The van der Waals surface area contributed by atoms with Crippen LogP contribution in [0.2, 0.25) is 0 Å². The third kappa shape index (κ3) is 3.79. The molecule has 2 rings (SSSR count). The van der Waals surface area contributed by atoms with E-state index >= 15 is 0 Å². The van der Waals surface area contributed by atoms with E-state index in [-0.39, 0.29) is 5.97 Å². The Hall–Kier alpha value is -2.40. The van der Waals surface area contributed by atoms with Crippen LogP contribution in [0.5, 0.6) is 0 Å². The van der Waals surface area contributed by atoms with E-state index in [0.717, 1.165) is 11.4 Å². The number of esters is 1. The van der Waals surface area contributed by atoms with Gasteiger partial charge >= 0.3 is 5.97 Å². The van der Waals surface area contributed by atoms with Crippen LogP contribution in [0.25, 0.3) is 0 Å². The molecule has 0 radical (unpaired) electrons. The van der Waals surface area contributed by atoms with Gasteiger partial charge in [0.05, 0.1) is 12.7 Å². The van der Waals surface area contributed by atoms with Crippen molar-refractivity contribution in [1.82, 2.24) is 0 Å². The molecule has 0 heterocycles. The number of nitrogens with one attached hydrogen (secondary N) is 1. The maximum Gasteiger partial charge on any atom is 0.337 e. The molecular formula is C16H16N2O2S. The van der Waals surface area contributed by atoms with Crippen molar-refractivity contribution in [2.45, 2.75) is 0 Å². The third-order valence-electron chi connectivity index (χ3n) is 3.01. The number of carbonyl (C=O) groups excluding carboxylic acids is 1. The second-order valence-corrected chi connectivity index (χ2v) is 4.78. The number of nitrogens with zero attached hydrogens (tertiary/aromatic N) is 1. The van der Waals surface area contributed by atoms with Gasteiger partial charge in [0.1, 0.15) is 0 Å². The molecule has 5 heteroatoms. The molecular weight excluding hydrogens is 284 g/mol. The van der Waals surface area contributed by atoms with Gasteiger partial charge in [0.25, 0.3) is 0 Å². The van der Waals surface area contributed by atoms with Crippen LogP contribution in [0, 0.1) is 0 Å². The Morgan fingerprint density at radius 2 is 1.71 bits per heavy atom. The lowest BCUT2D eigenvalue weighted by Crippen LogP contribution is -2.30. The summed E-state index contributed by atoms with van der Waals surface area (Å²) >= 11 is 5.37. The molecule has 0 unspecified atom stereocenters. The zero-order valence-corrected chi connectivity index (χ0v) is 12.7. The van der Waals surface area contributed by atoms with E-state index in [1.807, 2.05) is 42.3 Å². The van der Waals surface area contributed by atoms with E-state index in [2.05, 4.69) is 10.1 Å². The van der Waals surface area contributed by atoms with E-state index in [1.54, 1.807) is 24.3 Å². The zero-order valence-electron chi connectivity index (χ0n) is 11.9. The highest BCUT2D eigenvalue weighted by molar-refractivity contribution is 7.80. The fraction of sp³-hybridized carbons (Fsp3) is 0.125. The smallest absolute Gasteiger partial charge is 0.337 e. The number of carbonyl (C=O) groups is 1. The summed E-state index contributed by atoms with van der Waals surface area (Å²) in [5.74, 6) is -0.356. The number of methoxy groups -OCH3 is 1. The lowest BCUT2D eigenvalue weighted by atomic mass is 10.2. The molecule has 0 bridgehead atoms. The summed E-state index contributed by atoms with van der Waals surface area (Å²) in [7, 11) is 3.26. The molecule has 0 aliphatic heterocycles. The average molecular weight is 300 g/mol. The monoisotopic (exact) mass is 300 g/mol. The molecule has 0 atom stereocenters. The molecule has 0 saturated carbocycles. The molecule has 21 heavy (non-hydrogen) atoms. The van der Waals surface area contributed by atoms with Crippen molar-refractivity contribution < 1.29 is 9.53 Å². The molecule has 2 aromatic rings. The van der Waals surface area contributed by atoms with Crippen molar-refractivity contribution in [3.05, 3.63) is 60.2 Å². The topological polar surface area (TPSA) is 41.6 Å². The molecule has 0 saturated heterocycles. The first kappa shape index (κ1) is 15.0. The van der Waals surface area contributed by atoms with Gasteiger partial charge in [-0.25, -0.2) is 4.79 Å². The number of benzene rings is 2. The summed E-state index contributed by atoms with van der Waals surface area (Å²) in [6, 6.07) is 16.8. The largest absolute Gasteiger partial charge is 0.465 e. The maximum atomic E-state index is 11.4. The second kappa shape index (κ2) is 6.85. The number of rotatable bonds is 3. The lowest BCUT2D eigenvalue weighted by molar-refractivity contribution is 0.0601. The highest BCUT2D eigenvalue weighted by Gasteiger charge is 2.08. The van der Waals surface area contributed by atoms with Gasteiger partial charge in [-0.15, -0.1) is 0 Å². The number of hydrogen-bond acceptors (Lipinski definition) is 3. The van der Waals surface area contributed by atoms with Gasteiger partial charge in [0.2, 0.25) is 0 Å². The number of ether oxygens (including phenoxy) is 1. The molecule has 0 aliphatic carbocycles. The number of anilines is 2. The molecule has 0 aliphatic rings. The Morgan fingerprint density at radius 1 is 1.10 bits per heavy atom. The van der Waals surface area contributed by atoms with Gasteiger partial charge in [-0.05, 0) is 48.6 Å². The minimum atomic E-state index is -0.356. The quantitative estimate of drug-likeness (QED) is 0.696. The maximum absolute atomic E-state index is 11.4. The highest BCUT2D eigenvalue weighted by Crippen LogP contribution is 2.15. The number of hydrogen-bond donors (Lipinski definition) is 1. The van der Waals surface area contributed by atoms with Crippen LogP contribution < -0.4 is 10.2 Å². The van der Waals surface area contributed by atoms with Crippen LogP contribution >= 0.6 is 12.2 Å². The van der Waals surface area contributed by atoms with Crippen molar-refractivity contribution in [2.75, 3.05) is 24.4 Å². The van der Waals surface area contributed by atoms with Gasteiger partial charge in [0.15, 0.2) is 5.11 Å². The van der Waals surface area contributed by atoms with E-state index in [4.69, 9.17) is 12.2 Å². The minimum absolute atomic E-state index is 0.356. The molecule has 0 fully saturated rings. The van der Waals surface area contributed by atoms with Crippen molar-refractivity contribution in [3.63, 3.8) is 0 Å². The van der Waals surface area contributed by atoms with Crippen LogP contribution in [0.1, 0.15) is 10.4 Å². The Kier molecular flexibility index (Phi) is 4.90. The SMILES string of the molecule is COC(=O)c1ccc(NC(=S)N(C)c2ccccc2)cc1. The fourth-order valence-corrected chi connectivity index (χ4v) is 2.01. The first-order valence-electron chi connectivity index (χ1n) is 6.40. The minimum Gasteiger partial charge on any atom is -0.465 e. The first-order valence-corrected chi connectivity index (χ1v) is 6.81. The summed E-state index contributed by atoms with van der Waals surface area (Å²) < 4.78 is 4.66. The van der Waals surface area contributed by atoms with Crippen LogP contribution in [-0.2, 0) is 4.74 Å². The molecule has 2 aromatic carbocycles. The molecule has 0 amide bonds. The summed E-state index contributed by atoms with van der Waals surface area (Å²) in [4.78, 5) is 13.2. The Bertz CT molecular complexity index is 626. The molecule has 0 aromatic heterocycles. The average Bonchev–Trinajstić information content (AvgIpc) is 2.55. The van der Waals surface area contributed by atoms with E-state index in [0.29, 0.717) is 10.7 Å². The Labute approximate surface area is 129 Å². The molecule has 0 spiro atoms. The normalized spacial score (nSPS) is 9.81.